The van der Waals surface area contributed by atoms with E-state index in [1.54, 1.807) is 0 Å². The van der Waals surface area contributed by atoms with E-state index < -0.39 is 35.7 Å². The molecule has 0 fully saturated rings. The van der Waals surface area contributed by atoms with Crippen LogP contribution in [-0.4, -0.2) is 35.7 Å². The third-order valence-corrected chi connectivity index (χ3v) is 1.67. The van der Waals surface area contributed by atoms with Crippen LogP contribution < -0.4 is 0 Å². The van der Waals surface area contributed by atoms with Crippen LogP contribution in [0.15, 0.2) is 0 Å². The molecule has 0 aliphatic rings. The molecule has 0 amide bonds. The largest absolute Gasteiger partial charge is 0.454 e. The van der Waals surface area contributed by atoms with Crippen LogP contribution in [0.2, 0.25) is 0 Å². The fraction of sp³-hybridized carbons (Fsp3) is 0.600. The fourth-order valence-electron chi connectivity index (χ4n) is 1.01. The lowest BCUT2D eigenvalue weighted by Crippen LogP contribution is -2.37. The van der Waals surface area contributed by atoms with E-state index >= 15 is 0 Å². The molecule has 6 heteroatoms. The lowest BCUT2D eigenvalue weighted by atomic mass is 10.1. The van der Waals surface area contributed by atoms with Crippen molar-refractivity contribution in [3.8, 4) is 0 Å². The van der Waals surface area contributed by atoms with Crippen molar-refractivity contribution < 1.29 is 28.7 Å². The second-order valence-corrected chi connectivity index (χ2v) is 3.23. The normalized spacial score (nSPS) is 13.5. The summed E-state index contributed by atoms with van der Waals surface area (Å²) in [6.45, 7) is 4.82. The summed E-state index contributed by atoms with van der Waals surface area (Å²) < 4.78 is 9.08. The highest BCUT2D eigenvalue weighted by atomic mass is 16.6. The number of ether oxygens (including phenoxy) is 2. The van der Waals surface area contributed by atoms with Crippen molar-refractivity contribution in [2.75, 3.05) is 0 Å². The van der Waals surface area contributed by atoms with Crippen LogP contribution in [0, 0.1) is 0 Å². The van der Waals surface area contributed by atoms with E-state index in [0.717, 1.165) is 13.8 Å². The zero-order valence-corrected chi connectivity index (χ0v) is 9.60. The summed E-state index contributed by atoms with van der Waals surface area (Å²) in [5.41, 5.74) is 0. The summed E-state index contributed by atoms with van der Waals surface area (Å²) in [6.07, 6.45) is -2.33. The Morgan fingerprint density at radius 1 is 0.750 bits per heavy atom. The molecule has 16 heavy (non-hydrogen) atoms. The quantitative estimate of drug-likeness (QED) is 0.489. The Morgan fingerprint density at radius 3 is 1.19 bits per heavy atom. The Kier molecular flexibility index (Phi) is 5.35. The number of hydrogen-bond donors (Lipinski definition) is 0. The molecule has 0 saturated heterocycles. The molecular weight excluding hydrogens is 216 g/mol. The fourth-order valence-corrected chi connectivity index (χ4v) is 1.01. The second kappa shape index (κ2) is 5.99. The van der Waals surface area contributed by atoms with Crippen molar-refractivity contribution in [2.45, 2.75) is 39.9 Å². The summed E-state index contributed by atoms with van der Waals surface area (Å²) in [5, 5.41) is 0. The minimum absolute atomic E-state index is 0.659. The highest BCUT2D eigenvalue weighted by Gasteiger charge is 2.29. The molecule has 0 spiro atoms. The van der Waals surface area contributed by atoms with Gasteiger partial charge in [-0.25, -0.2) is 0 Å². The molecule has 0 aliphatic heterocycles. The average molecular weight is 230 g/mol. The lowest BCUT2D eigenvalue weighted by molar-refractivity contribution is -0.160. The summed E-state index contributed by atoms with van der Waals surface area (Å²) in [6, 6.07) is 0. The molecule has 2 atom stereocenters. The van der Waals surface area contributed by atoms with Gasteiger partial charge in [0.2, 0.25) is 11.6 Å². The van der Waals surface area contributed by atoms with Gasteiger partial charge in [0.1, 0.15) is 0 Å². The molecule has 0 saturated carbocycles. The molecular formula is C10H14O6. The Hall–Kier alpha value is -1.72. The molecule has 6 nitrogen and oxygen atoms in total. The summed E-state index contributed by atoms with van der Waals surface area (Å²) in [5.74, 6) is -3.12. The maximum Gasteiger partial charge on any atom is 0.303 e. The van der Waals surface area contributed by atoms with Crippen LogP contribution in [0.1, 0.15) is 27.7 Å². The molecule has 0 aromatic rings. The zero-order chi connectivity index (χ0) is 12.9. The van der Waals surface area contributed by atoms with Crippen LogP contribution in [-0.2, 0) is 28.7 Å². The third kappa shape index (κ3) is 4.68. The van der Waals surface area contributed by atoms with Gasteiger partial charge in [0.25, 0.3) is 0 Å². The van der Waals surface area contributed by atoms with Crippen LogP contribution in [0.5, 0.6) is 0 Å². The minimum Gasteiger partial charge on any atom is -0.454 e. The molecule has 2 unspecified atom stereocenters. The van der Waals surface area contributed by atoms with Gasteiger partial charge in [0, 0.05) is 13.8 Å². The molecule has 0 aliphatic carbocycles. The van der Waals surface area contributed by atoms with Gasteiger partial charge >= 0.3 is 11.9 Å². The van der Waals surface area contributed by atoms with Gasteiger partial charge in [-0.1, -0.05) is 0 Å². The van der Waals surface area contributed by atoms with Crippen LogP contribution in [0.4, 0.5) is 0 Å². The second-order valence-electron chi connectivity index (χ2n) is 3.23. The molecule has 0 aromatic carbocycles. The number of carbonyl (C=O) groups is 4. The van der Waals surface area contributed by atoms with E-state index in [1.807, 2.05) is 0 Å². The van der Waals surface area contributed by atoms with Crippen LogP contribution in [0.25, 0.3) is 0 Å². The SMILES string of the molecule is CC(=O)OC(C)C(=O)C(=O)C(C)OC(C)=O. The van der Waals surface area contributed by atoms with Gasteiger partial charge < -0.3 is 9.47 Å². The topological polar surface area (TPSA) is 86.7 Å². The highest BCUT2D eigenvalue weighted by Crippen LogP contribution is 2.01. The first-order chi connectivity index (χ1) is 7.25. The van der Waals surface area contributed by atoms with Crippen LogP contribution >= 0.6 is 0 Å². The van der Waals surface area contributed by atoms with E-state index in [-0.39, 0.29) is 0 Å². The lowest BCUT2D eigenvalue weighted by Gasteiger charge is -2.13. The zero-order valence-electron chi connectivity index (χ0n) is 9.60. The molecule has 0 bridgehead atoms. The average Bonchev–Trinajstić information content (AvgIpc) is 2.13. The highest BCUT2D eigenvalue weighted by molar-refractivity contribution is 6.40. The van der Waals surface area contributed by atoms with Gasteiger partial charge in [-0.15, -0.1) is 0 Å². The van der Waals surface area contributed by atoms with E-state index in [1.165, 1.54) is 13.8 Å². The Bertz CT molecular complexity index is 287. The number of esters is 2. The Labute approximate surface area is 92.9 Å². The monoisotopic (exact) mass is 230 g/mol. The molecule has 0 rings (SSSR count). The van der Waals surface area contributed by atoms with Gasteiger partial charge in [0.05, 0.1) is 0 Å². The van der Waals surface area contributed by atoms with Gasteiger partial charge in [0.15, 0.2) is 12.2 Å². The van der Waals surface area contributed by atoms with Crippen molar-refractivity contribution in [1.82, 2.24) is 0 Å². The molecule has 0 N–H and O–H groups in total. The van der Waals surface area contributed by atoms with Crippen molar-refractivity contribution in [2.24, 2.45) is 0 Å². The summed E-state index contributed by atoms with van der Waals surface area (Å²) in [7, 11) is 0. The summed E-state index contributed by atoms with van der Waals surface area (Å²) >= 11 is 0. The smallest absolute Gasteiger partial charge is 0.303 e. The van der Waals surface area contributed by atoms with Crippen molar-refractivity contribution in [3.05, 3.63) is 0 Å². The first-order valence-corrected chi connectivity index (χ1v) is 4.68. The molecule has 90 valence electrons. The maximum atomic E-state index is 11.4. The third-order valence-electron chi connectivity index (χ3n) is 1.67. The van der Waals surface area contributed by atoms with E-state index in [0.29, 0.717) is 0 Å². The predicted molar refractivity (Wildman–Crippen MR) is 52.5 cm³/mol. The number of hydrogen-bond acceptors (Lipinski definition) is 6. The minimum atomic E-state index is -1.16. The number of carbonyl (C=O) groups excluding carboxylic acids is 4. The summed E-state index contributed by atoms with van der Waals surface area (Å²) in [4.78, 5) is 43.9. The Balaban J connectivity index is 4.43. The van der Waals surface area contributed by atoms with Crippen molar-refractivity contribution >= 4 is 23.5 Å². The predicted octanol–water partition coefficient (Wildman–Crippen LogP) is 0.0278. The standard InChI is InChI=1S/C10H14O6/c1-5(15-7(3)11)9(13)10(14)6(2)16-8(4)12/h5-6H,1-4H3. The van der Waals surface area contributed by atoms with Crippen molar-refractivity contribution in [1.29, 1.82) is 0 Å². The van der Waals surface area contributed by atoms with Crippen LogP contribution in [0.3, 0.4) is 0 Å². The number of rotatable bonds is 5. The maximum absolute atomic E-state index is 11.4. The first-order valence-electron chi connectivity index (χ1n) is 4.68. The number of ketones is 2. The molecule has 0 radical (unpaired) electrons. The van der Waals surface area contributed by atoms with Crippen molar-refractivity contribution in [3.63, 3.8) is 0 Å². The molecule has 0 aromatic heterocycles. The number of Topliss-reactive ketones (excluding diaryl/α,β-unsaturated/α-hetero) is 2. The Morgan fingerprint density at radius 2 is 1.00 bits per heavy atom. The van der Waals surface area contributed by atoms with Gasteiger partial charge in [-0.05, 0) is 13.8 Å². The van der Waals surface area contributed by atoms with E-state index in [2.05, 4.69) is 9.47 Å². The van der Waals surface area contributed by atoms with Gasteiger partial charge in [-0.2, -0.15) is 0 Å². The van der Waals surface area contributed by atoms with E-state index in [9.17, 15) is 19.2 Å². The van der Waals surface area contributed by atoms with E-state index in [4.69, 9.17) is 0 Å². The molecule has 0 heterocycles. The first kappa shape index (κ1) is 14.3. The van der Waals surface area contributed by atoms with Gasteiger partial charge in [-0.3, -0.25) is 19.2 Å².